The second-order valence-electron chi connectivity index (χ2n) is 8.31. The van der Waals surface area contributed by atoms with Crippen LogP contribution in [-0.2, 0) is 16.0 Å². The van der Waals surface area contributed by atoms with Gasteiger partial charge in [-0.05, 0) is 57.1 Å². The third kappa shape index (κ3) is 4.69. The number of carbonyl (C=O) groups is 2. The monoisotopic (exact) mass is 373 g/mol. The maximum absolute atomic E-state index is 12.6. The number of piperidine rings is 2. The Balaban J connectivity index is 1.20. The summed E-state index contributed by atoms with van der Waals surface area (Å²) in [6, 6.07) is 0.523. The molecule has 2 N–H and O–H groups in total. The number of aromatic nitrogens is 2. The van der Waals surface area contributed by atoms with E-state index in [1.165, 1.54) is 0 Å². The number of hydrogen-bond acceptors (Lipinski definition) is 4. The van der Waals surface area contributed by atoms with Gasteiger partial charge in [0.15, 0.2) is 0 Å². The van der Waals surface area contributed by atoms with Gasteiger partial charge in [-0.25, -0.2) is 0 Å². The lowest BCUT2D eigenvalue weighted by atomic mass is 9.93. The fourth-order valence-corrected chi connectivity index (χ4v) is 4.48. The van der Waals surface area contributed by atoms with E-state index in [2.05, 4.69) is 25.3 Å². The summed E-state index contributed by atoms with van der Waals surface area (Å²) in [5.41, 5.74) is 1.12. The van der Waals surface area contributed by atoms with Crippen LogP contribution in [0.5, 0.6) is 0 Å². The van der Waals surface area contributed by atoms with E-state index in [1.54, 1.807) is 6.20 Å². The Bertz CT molecular complexity index is 635. The standard InChI is InChI=1S/C20H31N5O2/c26-19(21-8-5-15-12-22-23-13-15)17-2-1-9-25(14-17)18-6-10-24(11-7-18)20(27)16-3-4-16/h12-13,16-18H,1-11,14H2,(H,21,26)(H,22,23)/t17-/m1/s1. The Morgan fingerprint density at radius 2 is 1.93 bits per heavy atom. The SMILES string of the molecule is O=C(NCCc1cn[nH]c1)[C@@H]1CCCN(C2CCN(C(=O)C3CC3)CC2)C1. The van der Waals surface area contributed by atoms with Crippen molar-refractivity contribution in [3.63, 3.8) is 0 Å². The van der Waals surface area contributed by atoms with Crippen LogP contribution < -0.4 is 5.32 Å². The van der Waals surface area contributed by atoms with E-state index in [0.29, 0.717) is 24.4 Å². The van der Waals surface area contributed by atoms with E-state index in [9.17, 15) is 9.59 Å². The molecule has 3 aliphatic rings. The Morgan fingerprint density at radius 1 is 1.11 bits per heavy atom. The van der Waals surface area contributed by atoms with E-state index in [0.717, 1.165) is 76.7 Å². The van der Waals surface area contributed by atoms with Gasteiger partial charge in [-0.3, -0.25) is 19.6 Å². The molecule has 4 rings (SSSR count). The van der Waals surface area contributed by atoms with Crippen LogP contribution in [-0.4, -0.2) is 70.6 Å². The zero-order valence-electron chi connectivity index (χ0n) is 16.0. The van der Waals surface area contributed by atoms with Crippen molar-refractivity contribution in [2.24, 2.45) is 11.8 Å². The third-order valence-corrected chi connectivity index (χ3v) is 6.31. The van der Waals surface area contributed by atoms with Gasteiger partial charge in [-0.15, -0.1) is 0 Å². The minimum Gasteiger partial charge on any atom is -0.355 e. The van der Waals surface area contributed by atoms with Crippen molar-refractivity contribution in [2.45, 2.75) is 51.0 Å². The van der Waals surface area contributed by atoms with Crippen LogP contribution in [0.4, 0.5) is 0 Å². The van der Waals surface area contributed by atoms with Gasteiger partial charge in [0, 0.05) is 44.3 Å². The maximum atomic E-state index is 12.6. The van der Waals surface area contributed by atoms with E-state index >= 15 is 0 Å². The molecule has 3 heterocycles. The van der Waals surface area contributed by atoms with E-state index < -0.39 is 0 Å². The summed E-state index contributed by atoms with van der Waals surface area (Å²) in [6.07, 6.45) is 10.8. The van der Waals surface area contributed by atoms with Gasteiger partial charge in [0.1, 0.15) is 0 Å². The summed E-state index contributed by atoms with van der Waals surface area (Å²) in [5.74, 6) is 0.979. The van der Waals surface area contributed by atoms with Crippen LogP contribution in [0, 0.1) is 11.8 Å². The largest absolute Gasteiger partial charge is 0.355 e. The predicted molar refractivity (Wildman–Crippen MR) is 102 cm³/mol. The fraction of sp³-hybridized carbons (Fsp3) is 0.750. The number of H-pyrrole nitrogens is 1. The van der Waals surface area contributed by atoms with Gasteiger partial charge in [0.05, 0.1) is 12.1 Å². The smallest absolute Gasteiger partial charge is 0.225 e. The highest BCUT2D eigenvalue weighted by Crippen LogP contribution is 2.32. The average molecular weight is 374 g/mol. The molecule has 1 atom stereocenters. The van der Waals surface area contributed by atoms with Crippen LogP contribution in [0.25, 0.3) is 0 Å². The molecule has 2 saturated heterocycles. The summed E-state index contributed by atoms with van der Waals surface area (Å²) >= 11 is 0. The molecule has 1 saturated carbocycles. The van der Waals surface area contributed by atoms with Gasteiger partial charge in [-0.1, -0.05) is 0 Å². The summed E-state index contributed by atoms with van der Waals surface area (Å²) in [7, 11) is 0. The highest BCUT2D eigenvalue weighted by atomic mass is 16.2. The molecule has 3 fully saturated rings. The molecule has 0 unspecified atom stereocenters. The van der Waals surface area contributed by atoms with Crippen molar-refractivity contribution in [1.82, 2.24) is 25.3 Å². The summed E-state index contributed by atoms with van der Waals surface area (Å²) in [5, 5.41) is 9.83. The first-order chi connectivity index (χ1) is 13.2. The van der Waals surface area contributed by atoms with Crippen molar-refractivity contribution in [3.05, 3.63) is 18.0 Å². The summed E-state index contributed by atoms with van der Waals surface area (Å²) < 4.78 is 0. The number of nitrogens with one attached hydrogen (secondary N) is 2. The number of likely N-dealkylation sites (tertiary alicyclic amines) is 2. The molecule has 2 aliphatic heterocycles. The lowest BCUT2D eigenvalue weighted by molar-refractivity contribution is -0.134. The molecule has 2 amide bonds. The minimum atomic E-state index is 0.0919. The van der Waals surface area contributed by atoms with Gasteiger partial charge in [0.25, 0.3) is 0 Å². The van der Waals surface area contributed by atoms with Gasteiger partial charge >= 0.3 is 0 Å². The zero-order chi connectivity index (χ0) is 18.6. The molecule has 148 valence electrons. The predicted octanol–water partition coefficient (Wildman–Crippen LogP) is 1.18. The minimum absolute atomic E-state index is 0.0919. The van der Waals surface area contributed by atoms with Crippen molar-refractivity contribution >= 4 is 11.8 Å². The molecule has 1 aliphatic carbocycles. The summed E-state index contributed by atoms with van der Waals surface area (Å²) in [6.45, 7) is 4.38. The average Bonchev–Trinajstić information content (AvgIpc) is 3.44. The zero-order valence-corrected chi connectivity index (χ0v) is 16.0. The van der Waals surface area contributed by atoms with Gasteiger partial charge < -0.3 is 10.2 Å². The molecule has 0 spiro atoms. The molecule has 27 heavy (non-hydrogen) atoms. The van der Waals surface area contributed by atoms with Crippen molar-refractivity contribution in [3.8, 4) is 0 Å². The van der Waals surface area contributed by atoms with Crippen molar-refractivity contribution in [2.75, 3.05) is 32.7 Å². The number of rotatable bonds is 6. The maximum Gasteiger partial charge on any atom is 0.225 e. The first-order valence-electron chi connectivity index (χ1n) is 10.5. The Kier molecular flexibility index (Phi) is 5.76. The Labute approximate surface area is 160 Å². The van der Waals surface area contributed by atoms with Gasteiger partial charge in [0.2, 0.25) is 11.8 Å². The molecular formula is C20H31N5O2. The molecule has 7 nitrogen and oxygen atoms in total. The fourth-order valence-electron chi connectivity index (χ4n) is 4.48. The van der Waals surface area contributed by atoms with Gasteiger partial charge in [-0.2, -0.15) is 5.10 Å². The first-order valence-corrected chi connectivity index (χ1v) is 10.5. The second kappa shape index (κ2) is 8.42. The van der Waals surface area contributed by atoms with Crippen molar-refractivity contribution < 1.29 is 9.59 Å². The Morgan fingerprint density at radius 3 is 2.63 bits per heavy atom. The Hall–Kier alpha value is -1.89. The quantitative estimate of drug-likeness (QED) is 0.785. The molecule has 7 heteroatoms. The summed E-state index contributed by atoms with van der Waals surface area (Å²) in [4.78, 5) is 29.4. The lowest BCUT2D eigenvalue weighted by Crippen LogP contribution is -2.51. The topological polar surface area (TPSA) is 81.3 Å². The van der Waals surface area contributed by atoms with E-state index in [-0.39, 0.29) is 11.8 Å². The van der Waals surface area contributed by atoms with Crippen LogP contribution >= 0.6 is 0 Å². The number of carbonyl (C=O) groups excluding carboxylic acids is 2. The van der Waals surface area contributed by atoms with Crippen LogP contribution in [0.2, 0.25) is 0 Å². The van der Waals surface area contributed by atoms with Crippen LogP contribution in [0.3, 0.4) is 0 Å². The molecule has 1 aromatic heterocycles. The highest BCUT2D eigenvalue weighted by Gasteiger charge is 2.37. The molecule has 0 aromatic carbocycles. The highest BCUT2D eigenvalue weighted by molar-refractivity contribution is 5.81. The molecule has 0 bridgehead atoms. The number of nitrogens with zero attached hydrogens (tertiary/aromatic N) is 3. The van der Waals surface area contributed by atoms with Crippen LogP contribution in [0.15, 0.2) is 12.4 Å². The number of aromatic amines is 1. The molecular weight excluding hydrogens is 342 g/mol. The molecule has 1 aromatic rings. The normalized spacial score (nSPS) is 24.7. The van der Waals surface area contributed by atoms with E-state index in [1.807, 2.05) is 6.20 Å². The lowest BCUT2D eigenvalue weighted by Gasteiger charge is -2.42. The first kappa shape index (κ1) is 18.5. The van der Waals surface area contributed by atoms with Crippen molar-refractivity contribution in [1.29, 1.82) is 0 Å². The number of amides is 2. The third-order valence-electron chi connectivity index (χ3n) is 6.31. The molecule has 0 radical (unpaired) electrons. The van der Waals surface area contributed by atoms with E-state index in [4.69, 9.17) is 0 Å². The second-order valence-corrected chi connectivity index (χ2v) is 8.31. The van der Waals surface area contributed by atoms with Crippen LogP contribution in [0.1, 0.15) is 44.1 Å². The number of hydrogen-bond donors (Lipinski definition) is 2.